The van der Waals surface area contributed by atoms with Gasteiger partial charge in [-0.25, -0.2) is 21.1 Å². The second-order valence-corrected chi connectivity index (χ2v) is 11.2. The summed E-state index contributed by atoms with van der Waals surface area (Å²) < 4.78 is 53.1. The van der Waals surface area contributed by atoms with Crippen molar-refractivity contribution in [2.45, 2.75) is 24.7 Å². The Morgan fingerprint density at radius 3 is 2.03 bits per heavy atom. The summed E-state index contributed by atoms with van der Waals surface area (Å²) in [5, 5.41) is 0. The Hall–Kier alpha value is -2.59. The molecule has 1 N–H and O–H groups in total. The normalized spacial score (nSPS) is 21.2. The Morgan fingerprint density at radius 1 is 0.933 bits per heavy atom. The molecule has 0 aliphatic carbocycles. The van der Waals surface area contributed by atoms with Gasteiger partial charge in [-0.1, -0.05) is 6.92 Å². The van der Waals surface area contributed by atoms with Gasteiger partial charge in [-0.2, -0.15) is 0 Å². The van der Waals surface area contributed by atoms with Crippen LogP contribution >= 0.6 is 0 Å². The summed E-state index contributed by atoms with van der Waals surface area (Å²) in [6, 6.07) is 12.5. The molecule has 0 aromatic heterocycles. The van der Waals surface area contributed by atoms with Crippen LogP contribution in [0, 0.1) is 5.92 Å². The van der Waals surface area contributed by atoms with Crippen molar-refractivity contribution in [1.82, 2.24) is 0 Å². The Labute approximate surface area is 176 Å². The number of nitrogens with one attached hydrogen (secondary N) is 1. The number of nitrogens with zero attached hydrogens (tertiary/aromatic N) is 2. The molecule has 2 aromatic carbocycles. The summed E-state index contributed by atoms with van der Waals surface area (Å²) in [7, 11) is -7.59. The van der Waals surface area contributed by atoms with Crippen molar-refractivity contribution in [3.05, 3.63) is 48.5 Å². The van der Waals surface area contributed by atoms with Crippen LogP contribution in [0.3, 0.4) is 0 Å². The van der Waals surface area contributed by atoms with Crippen LogP contribution in [-0.2, 0) is 24.8 Å². The number of amides is 1. The first kappa shape index (κ1) is 20.7. The Kier molecular flexibility index (Phi) is 5.23. The van der Waals surface area contributed by atoms with E-state index in [1.54, 1.807) is 19.1 Å². The summed E-state index contributed by atoms with van der Waals surface area (Å²) in [6.07, 6.45) is 2.32. The molecule has 1 amide bonds. The van der Waals surface area contributed by atoms with Gasteiger partial charge >= 0.3 is 0 Å². The molecule has 2 heterocycles. The van der Waals surface area contributed by atoms with Gasteiger partial charge in [0.2, 0.25) is 15.9 Å². The number of sulfonamides is 2. The highest BCUT2D eigenvalue weighted by atomic mass is 32.2. The van der Waals surface area contributed by atoms with Gasteiger partial charge < -0.3 is 4.90 Å². The highest BCUT2D eigenvalue weighted by Crippen LogP contribution is 2.29. The lowest BCUT2D eigenvalue weighted by Gasteiger charge is -2.18. The van der Waals surface area contributed by atoms with Crippen molar-refractivity contribution in [3.8, 4) is 0 Å². The molecule has 2 aliphatic heterocycles. The van der Waals surface area contributed by atoms with Crippen LogP contribution in [0.2, 0.25) is 0 Å². The summed E-state index contributed by atoms with van der Waals surface area (Å²) >= 11 is 0. The molecular formula is C20H23N3O5S2. The summed E-state index contributed by atoms with van der Waals surface area (Å²) in [4.78, 5) is 14.4. The lowest BCUT2D eigenvalue weighted by molar-refractivity contribution is -0.119. The Balaban J connectivity index is 1.51. The van der Waals surface area contributed by atoms with E-state index in [9.17, 15) is 21.6 Å². The number of rotatable bonds is 5. The van der Waals surface area contributed by atoms with E-state index in [1.165, 1.54) is 24.3 Å². The highest BCUT2D eigenvalue weighted by molar-refractivity contribution is 7.94. The van der Waals surface area contributed by atoms with Crippen molar-refractivity contribution in [2.75, 3.05) is 32.8 Å². The number of hydrogen-bond donors (Lipinski definition) is 1. The number of benzene rings is 2. The zero-order valence-electron chi connectivity index (χ0n) is 16.5. The fraction of sp³-hybridized carbons (Fsp3) is 0.350. The van der Waals surface area contributed by atoms with Crippen molar-refractivity contribution in [1.29, 1.82) is 0 Å². The summed E-state index contributed by atoms with van der Waals surface area (Å²) in [5.74, 6) is -1.38. The van der Waals surface area contributed by atoms with Gasteiger partial charge in [0, 0.05) is 24.5 Å². The van der Waals surface area contributed by atoms with E-state index < -0.39 is 31.9 Å². The topological polar surface area (TPSA) is 104 Å². The standard InChI is InChI=1S/C20H23N3O5S2/c1-15-14-29(25,26)23(20(15)24)18-8-10-19(11-9-18)30(27,28)21-16-4-6-17(7-5-16)22-12-2-3-13-22/h4-11,15,21H,2-3,12-14H2,1H3. The van der Waals surface area contributed by atoms with Gasteiger partial charge in [-0.05, 0) is 61.4 Å². The van der Waals surface area contributed by atoms with Crippen LogP contribution < -0.4 is 13.9 Å². The van der Waals surface area contributed by atoms with E-state index in [0.29, 0.717) is 5.69 Å². The zero-order valence-corrected chi connectivity index (χ0v) is 18.1. The van der Waals surface area contributed by atoms with Crippen LogP contribution in [-0.4, -0.2) is 41.6 Å². The van der Waals surface area contributed by atoms with Crippen LogP contribution in [0.15, 0.2) is 53.4 Å². The largest absolute Gasteiger partial charge is 0.372 e. The second-order valence-electron chi connectivity index (χ2n) is 7.62. The van der Waals surface area contributed by atoms with Crippen molar-refractivity contribution >= 4 is 43.0 Å². The van der Waals surface area contributed by atoms with Gasteiger partial charge in [0.05, 0.1) is 22.3 Å². The average molecular weight is 450 g/mol. The molecule has 30 heavy (non-hydrogen) atoms. The maximum atomic E-state index is 12.7. The highest BCUT2D eigenvalue weighted by Gasteiger charge is 2.42. The molecular weight excluding hydrogens is 426 g/mol. The number of anilines is 3. The van der Waals surface area contributed by atoms with Gasteiger partial charge in [0.25, 0.3) is 10.0 Å². The van der Waals surface area contributed by atoms with Gasteiger partial charge in [-0.3, -0.25) is 9.52 Å². The molecule has 0 bridgehead atoms. The first-order valence-electron chi connectivity index (χ1n) is 9.72. The Bertz CT molecular complexity index is 1150. The molecule has 8 nitrogen and oxygen atoms in total. The minimum Gasteiger partial charge on any atom is -0.372 e. The summed E-state index contributed by atoms with van der Waals surface area (Å²) in [5.41, 5.74) is 1.64. The van der Waals surface area contributed by atoms with E-state index >= 15 is 0 Å². The molecule has 1 unspecified atom stereocenters. The first-order chi connectivity index (χ1) is 14.2. The fourth-order valence-corrected chi connectivity index (χ4v) is 6.66. The zero-order chi connectivity index (χ0) is 21.5. The quantitative estimate of drug-likeness (QED) is 0.752. The predicted octanol–water partition coefficient (Wildman–Crippen LogP) is 2.40. The molecule has 10 heteroatoms. The molecule has 0 spiro atoms. The van der Waals surface area contributed by atoms with Crippen LogP contribution in [0.5, 0.6) is 0 Å². The summed E-state index contributed by atoms with van der Waals surface area (Å²) in [6.45, 7) is 3.56. The van der Waals surface area contributed by atoms with Crippen molar-refractivity contribution in [2.24, 2.45) is 5.92 Å². The molecule has 0 radical (unpaired) electrons. The maximum Gasteiger partial charge on any atom is 0.261 e. The maximum absolute atomic E-state index is 12.7. The van der Waals surface area contributed by atoms with Gasteiger partial charge in [0.1, 0.15) is 0 Å². The minimum atomic E-state index is -3.86. The van der Waals surface area contributed by atoms with Gasteiger partial charge in [-0.15, -0.1) is 0 Å². The molecule has 0 saturated carbocycles. The molecule has 4 rings (SSSR count). The van der Waals surface area contributed by atoms with Crippen molar-refractivity contribution in [3.63, 3.8) is 0 Å². The molecule has 2 saturated heterocycles. The van der Waals surface area contributed by atoms with Crippen LogP contribution in [0.1, 0.15) is 19.8 Å². The van der Waals surface area contributed by atoms with Crippen LogP contribution in [0.4, 0.5) is 17.1 Å². The van der Waals surface area contributed by atoms with E-state index in [4.69, 9.17) is 0 Å². The van der Waals surface area contributed by atoms with E-state index in [0.717, 1.165) is 35.9 Å². The third-order valence-electron chi connectivity index (χ3n) is 5.33. The Morgan fingerprint density at radius 2 is 1.50 bits per heavy atom. The van der Waals surface area contributed by atoms with Crippen molar-refractivity contribution < 1.29 is 21.6 Å². The smallest absolute Gasteiger partial charge is 0.261 e. The van der Waals surface area contributed by atoms with Gasteiger partial charge in [0.15, 0.2) is 0 Å². The van der Waals surface area contributed by atoms with E-state index in [1.807, 2.05) is 12.1 Å². The van der Waals surface area contributed by atoms with E-state index in [2.05, 4.69) is 9.62 Å². The monoisotopic (exact) mass is 449 g/mol. The minimum absolute atomic E-state index is 0.0213. The molecule has 2 aromatic rings. The SMILES string of the molecule is CC1CS(=O)(=O)N(c2ccc(S(=O)(=O)Nc3ccc(N4CCCC4)cc3)cc2)C1=O. The lowest BCUT2D eigenvalue weighted by atomic mass is 10.2. The molecule has 1 atom stereocenters. The predicted molar refractivity (Wildman–Crippen MR) is 116 cm³/mol. The first-order valence-corrected chi connectivity index (χ1v) is 12.8. The molecule has 160 valence electrons. The van der Waals surface area contributed by atoms with E-state index in [-0.39, 0.29) is 16.3 Å². The molecule has 2 aliphatic rings. The average Bonchev–Trinajstić information content (AvgIpc) is 3.29. The third-order valence-corrected chi connectivity index (χ3v) is 8.60. The number of hydrogen-bond acceptors (Lipinski definition) is 6. The molecule has 2 fully saturated rings. The lowest BCUT2D eigenvalue weighted by Crippen LogP contribution is -2.30. The fourth-order valence-electron chi connectivity index (χ4n) is 3.78. The second kappa shape index (κ2) is 7.59. The number of carbonyl (C=O) groups excluding carboxylic acids is 1. The van der Waals surface area contributed by atoms with Crippen LogP contribution in [0.25, 0.3) is 0 Å². The third kappa shape index (κ3) is 3.89. The number of carbonyl (C=O) groups is 1.